The van der Waals surface area contributed by atoms with Crippen LogP contribution in [0.25, 0.3) is 0 Å². The minimum atomic E-state index is 0.294. The van der Waals surface area contributed by atoms with Crippen molar-refractivity contribution in [3.63, 3.8) is 0 Å². The van der Waals surface area contributed by atoms with E-state index in [-0.39, 0.29) is 0 Å². The molecule has 1 heterocycles. The van der Waals surface area contributed by atoms with E-state index in [4.69, 9.17) is 5.73 Å². The number of hydrogen-bond acceptors (Lipinski definition) is 3. The van der Waals surface area contributed by atoms with E-state index < -0.39 is 0 Å². The molecule has 0 aromatic carbocycles. The summed E-state index contributed by atoms with van der Waals surface area (Å²) < 4.78 is 0. The van der Waals surface area contributed by atoms with E-state index in [9.17, 15) is 0 Å². The maximum absolute atomic E-state index is 5.60. The quantitative estimate of drug-likeness (QED) is 0.724. The Balaban J connectivity index is 2.14. The lowest BCUT2D eigenvalue weighted by atomic mass is 10.2. The fraction of sp³-hybridized carbons (Fsp3) is 0.500. The van der Waals surface area contributed by atoms with Crippen molar-refractivity contribution in [1.29, 1.82) is 0 Å². The highest BCUT2D eigenvalue weighted by atomic mass is 32.1. The lowest BCUT2D eigenvalue weighted by Crippen LogP contribution is -2.18. The van der Waals surface area contributed by atoms with E-state index >= 15 is 0 Å². The molecule has 11 heavy (non-hydrogen) atoms. The number of nitrogens with two attached hydrogens (primary N) is 1. The molecule has 0 saturated carbocycles. The molecule has 0 spiro atoms. The van der Waals surface area contributed by atoms with Crippen LogP contribution in [0.1, 0.15) is 13.3 Å². The predicted octanol–water partition coefficient (Wildman–Crippen LogP) is 1.90. The molecule has 0 amide bonds. The predicted molar refractivity (Wildman–Crippen MR) is 51.1 cm³/mol. The van der Waals surface area contributed by atoms with Gasteiger partial charge in [0.25, 0.3) is 0 Å². The van der Waals surface area contributed by atoms with Crippen LogP contribution in [0.5, 0.6) is 0 Å². The summed E-state index contributed by atoms with van der Waals surface area (Å²) in [6, 6.07) is 4.41. The summed E-state index contributed by atoms with van der Waals surface area (Å²) in [5, 5.41) is 6.59. The number of thiophene rings is 1. The maximum Gasteiger partial charge on any atom is 0.0882 e. The summed E-state index contributed by atoms with van der Waals surface area (Å²) in [6.45, 7) is 2.99. The summed E-state index contributed by atoms with van der Waals surface area (Å²) in [7, 11) is 0. The molecule has 3 N–H and O–H groups in total. The molecule has 2 nitrogen and oxygen atoms in total. The highest BCUT2D eigenvalue weighted by Crippen LogP contribution is 2.14. The first-order valence-corrected chi connectivity index (χ1v) is 4.70. The summed E-state index contributed by atoms with van der Waals surface area (Å²) in [6.07, 6.45) is 1.03. The Morgan fingerprint density at radius 1 is 1.73 bits per heavy atom. The van der Waals surface area contributed by atoms with E-state index in [1.54, 1.807) is 11.3 Å². The van der Waals surface area contributed by atoms with Crippen molar-refractivity contribution in [2.75, 3.05) is 11.9 Å². The Kier molecular flexibility index (Phi) is 3.39. The summed E-state index contributed by atoms with van der Waals surface area (Å²) >= 11 is 1.72. The van der Waals surface area contributed by atoms with Crippen LogP contribution >= 0.6 is 11.3 Å². The van der Waals surface area contributed by atoms with Crippen LogP contribution in [0.15, 0.2) is 17.5 Å². The van der Waals surface area contributed by atoms with Gasteiger partial charge in [0, 0.05) is 12.6 Å². The van der Waals surface area contributed by atoms with Gasteiger partial charge in [-0.05, 0) is 30.9 Å². The normalized spacial score (nSPS) is 12.9. The van der Waals surface area contributed by atoms with Crippen LogP contribution in [0, 0.1) is 0 Å². The van der Waals surface area contributed by atoms with Gasteiger partial charge in [0.1, 0.15) is 0 Å². The number of anilines is 1. The Labute approximate surface area is 71.4 Å². The van der Waals surface area contributed by atoms with Crippen molar-refractivity contribution in [2.45, 2.75) is 19.4 Å². The average molecular weight is 170 g/mol. The van der Waals surface area contributed by atoms with Crippen molar-refractivity contribution in [2.24, 2.45) is 5.73 Å². The molecule has 3 heteroatoms. The molecule has 0 bridgehead atoms. The Bertz CT molecular complexity index is 182. The highest BCUT2D eigenvalue weighted by molar-refractivity contribution is 7.14. The first kappa shape index (κ1) is 8.56. The van der Waals surface area contributed by atoms with E-state index in [1.165, 1.54) is 5.00 Å². The highest BCUT2D eigenvalue weighted by Gasteiger charge is 1.94. The molecule has 0 aliphatic carbocycles. The second kappa shape index (κ2) is 4.36. The van der Waals surface area contributed by atoms with Crippen molar-refractivity contribution >= 4 is 16.3 Å². The average Bonchev–Trinajstić information content (AvgIpc) is 2.39. The molecule has 0 aliphatic rings. The fourth-order valence-corrected chi connectivity index (χ4v) is 1.45. The van der Waals surface area contributed by atoms with Gasteiger partial charge in [-0.15, -0.1) is 11.3 Å². The van der Waals surface area contributed by atoms with Gasteiger partial charge in [-0.25, -0.2) is 0 Å². The minimum absolute atomic E-state index is 0.294. The standard InChI is InChI=1S/C8H14N2S/c1-7(9)4-5-10-8-3-2-6-11-8/h2-3,6-7,10H,4-5,9H2,1H3. The van der Waals surface area contributed by atoms with Crippen molar-refractivity contribution in [1.82, 2.24) is 0 Å². The smallest absolute Gasteiger partial charge is 0.0882 e. The van der Waals surface area contributed by atoms with E-state index in [0.29, 0.717) is 6.04 Å². The molecular formula is C8H14N2S. The van der Waals surface area contributed by atoms with Crippen LogP contribution in [0.4, 0.5) is 5.00 Å². The zero-order valence-corrected chi connectivity index (χ0v) is 7.53. The third kappa shape index (κ3) is 3.39. The zero-order chi connectivity index (χ0) is 8.10. The van der Waals surface area contributed by atoms with Crippen LogP contribution in [0.2, 0.25) is 0 Å². The monoisotopic (exact) mass is 170 g/mol. The van der Waals surface area contributed by atoms with Crippen LogP contribution in [-0.2, 0) is 0 Å². The lowest BCUT2D eigenvalue weighted by molar-refractivity contribution is 0.691. The molecule has 0 radical (unpaired) electrons. The fourth-order valence-electron chi connectivity index (χ4n) is 0.802. The summed E-state index contributed by atoms with van der Waals surface area (Å²) in [5.74, 6) is 0. The van der Waals surface area contributed by atoms with Gasteiger partial charge in [0.05, 0.1) is 5.00 Å². The second-order valence-electron chi connectivity index (χ2n) is 2.67. The molecular weight excluding hydrogens is 156 g/mol. The van der Waals surface area contributed by atoms with Gasteiger partial charge in [0.2, 0.25) is 0 Å². The van der Waals surface area contributed by atoms with Gasteiger partial charge in [0.15, 0.2) is 0 Å². The summed E-state index contributed by atoms with van der Waals surface area (Å²) in [5.41, 5.74) is 5.60. The van der Waals surface area contributed by atoms with Crippen LogP contribution < -0.4 is 11.1 Å². The zero-order valence-electron chi connectivity index (χ0n) is 6.71. The van der Waals surface area contributed by atoms with E-state index in [1.807, 2.05) is 13.0 Å². The Morgan fingerprint density at radius 2 is 2.55 bits per heavy atom. The van der Waals surface area contributed by atoms with E-state index in [2.05, 4.69) is 16.8 Å². The molecule has 0 fully saturated rings. The van der Waals surface area contributed by atoms with Crippen LogP contribution in [-0.4, -0.2) is 12.6 Å². The third-order valence-electron chi connectivity index (χ3n) is 1.42. The summed E-state index contributed by atoms with van der Waals surface area (Å²) in [4.78, 5) is 0. The first-order chi connectivity index (χ1) is 5.29. The molecule has 1 rings (SSSR count). The number of hydrogen-bond donors (Lipinski definition) is 2. The molecule has 1 unspecified atom stereocenters. The first-order valence-electron chi connectivity index (χ1n) is 3.82. The molecule has 62 valence electrons. The van der Waals surface area contributed by atoms with Gasteiger partial charge in [-0.3, -0.25) is 0 Å². The van der Waals surface area contributed by atoms with Crippen molar-refractivity contribution in [3.8, 4) is 0 Å². The third-order valence-corrected chi connectivity index (χ3v) is 2.25. The Morgan fingerprint density at radius 3 is 3.09 bits per heavy atom. The molecule has 0 saturated heterocycles. The van der Waals surface area contributed by atoms with Gasteiger partial charge in [-0.1, -0.05) is 0 Å². The maximum atomic E-state index is 5.60. The van der Waals surface area contributed by atoms with Gasteiger partial charge < -0.3 is 11.1 Å². The van der Waals surface area contributed by atoms with E-state index in [0.717, 1.165) is 13.0 Å². The number of nitrogens with one attached hydrogen (secondary N) is 1. The SMILES string of the molecule is CC(N)CCNc1cccs1. The molecule has 0 aliphatic heterocycles. The molecule has 1 atom stereocenters. The molecule has 1 aromatic heterocycles. The minimum Gasteiger partial charge on any atom is -0.377 e. The van der Waals surface area contributed by atoms with Crippen LogP contribution in [0.3, 0.4) is 0 Å². The Hall–Kier alpha value is -0.540. The van der Waals surface area contributed by atoms with Crippen molar-refractivity contribution < 1.29 is 0 Å². The topological polar surface area (TPSA) is 38.0 Å². The van der Waals surface area contributed by atoms with Crippen molar-refractivity contribution in [3.05, 3.63) is 17.5 Å². The number of rotatable bonds is 4. The van der Waals surface area contributed by atoms with Gasteiger partial charge in [-0.2, -0.15) is 0 Å². The molecule has 1 aromatic rings. The van der Waals surface area contributed by atoms with Gasteiger partial charge >= 0.3 is 0 Å². The largest absolute Gasteiger partial charge is 0.377 e. The second-order valence-corrected chi connectivity index (χ2v) is 3.62. The lowest BCUT2D eigenvalue weighted by Gasteiger charge is -2.05.